The fraction of sp³-hybridized carbons (Fsp3) is 0.455. The molecular weight excluding hydrogens is 444 g/mol. The summed E-state index contributed by atoms with van der Waals surface area (Å²) in [5.74, 6) is -0.538. The fourth-order valence-corrected chi connectivity index (χ4v) is 4.79. The van der Waals surface area contributed by atoms with Gasteiger partial charge in [0.05, 0.1) is 0 Å². The quantitative estimate of drug-likeness (QED) is 0.156. The third kappa shape index (κ3) is 7.78. The van der Waals surface area contributed by atoms with Crippen molar-refractivity contribution >= 4 is 0 Å². The third-order valence-corrected chi connectivity index (χ3v) is 7.20. The van der Waals surface area contributed by atoms with Gasteiger partial charge in [0.1, 0.15) is 0 Å². The number of hydrogen-bond donors (Lipinski definition) is 3. The van der Waals surface area contributed by atoms with Crippen molar-refractivity contribution < 1.29 is 15.3 Å². The van der Waals surface area contributed by atoms with Gasteiger partial charge in [-0.15, -0.1) is 0 Å². The Balaban J connectivity index is 1.60. The normalized spacial score (nSPS) is 11.3. The molecule has 0 saturated carbocycles. The molecule has 0 fully saturated rings. The number of aromatic hydroxyl groups is 3. The second-order valence-electron chi connectivity index (χ2n) is 10.5. The van der Waals surface area contributed by atoms with Gasteiger partial charge in [-0.2, -0.15) is 0 Å². The van der Waals surface area contributed by atoms with Crippen LogP contribution in [0.4, 0.5) is 0 Å². The van der Waals surface area contributed by atoms with Crippen molar-refractivity contribution in [1.82, 2.24) is 0 Å². The molecule has 3 heteroatoms. The van der Waals surface area contributed by atoms with Crippen LogP contribution >= 0.6 is 0 Å². The summed E-state index contributed by atoms with van der Waals surface area (Å²) in [6.07, 6.45) is 13.4. The van der Waals surface area contributed by atoms with Crippen LogP contribution in [0.25, 0.3) is 11.1 Å². The van der Waals surface area contributed by atoms with Crippen molar-refractivity contribution in [2.24, 2.45) is 0 Å². The van der Waals surface area contributed by atoms with Crippen molar-refractivity contribution in [3.63, 3.8) is 0 Å². The number of rotatable bonds is 14. The van der Waals surface area contributed by atoms with Gasteiger partial charge in [0, 0.05) is 17.5 Å². The third-order valence-electron chi connectivity index (χ3n) is 7.20. The molecule has 3 rings (SSSR count). The van der Waals surface area contributed by atoms with E-state index in [0.29, 0.717) is 23.5 Å². The molecule has 36 heavy (non-hydrogen) atoms. The van der Waals surface area contributed by atoms with E-state index in [-0.39, 0.29) is 11.5 Å². The lowest BCUT2D eigenvalue weighted by Gasteiger charge is -2.14. The van der Waals surface area contributed by atoms with Crippen molar-refractivity contribution in [2.45, 2.75) is 97.3 Å². The van der Waals surface area contributed by atoms with Crippen molar-refractivity contribution in [1.29, 1.82) is 0 Å². The predicted molar refractivity (Wildman–Crippen MR) is 151 cm³/mol. The highest BCUT2D eigenvalue weighted by Gasteiger charge is 2.18. The largest absolute Gasteiger partial charge is 0.504 e. The van der Waals surface area contributed by atoms with Crippen molar-refractivity contribution in [2.75, 3.05) is 0 Å². The molecule has 0 bridgehead atoms. The highest BCUT2D eigenvalue weighted by molar-refractivity contribution is 5.77. The molecule has 0 aliphatic rings. The number of phenols is 3. The Labute approximate surface area is 217 Å². The minimum atomic E-state index is -0.458. The zero-order valence-electron chi connectivity index (χ0n) is 22.4. The predicted octanol–water partition coefficient (Wildman–Crippen LogP) is 9.26. The molecule has 0 unspecified atom stereocenters. The molecule has 0 saturated heterocycles. The zero-order chi connectivity index (χ0) is 25.9. The SMILES string of the molecule is CCCCCCCCCCCc1ccc(-c2cc(Cc3ccc(C(C)C)cc3)c(O)c(O)c2O)cc1. The van der Waals surface area contributed by atoms with Crippen LogP contribution in [0.5, 0.6) is 17.2 Å². The molecule has 0 heterocycles. The van der Waals surface area contributed by atoms with Gasteiger partial charge in [0.2, 0.25) is 5.75 Å². The molecule has 0 aliphatic carbocycles. The maximum absolute atomic E-state index is 10.6. The average molecular weight is 489 g/mol. The number of hydrogen-bond acceptors (Lipinski definition) is 3. The van der Waals surface area contributed by atoms with Crippen LogP contribution in [0, 0.1) is 0 Å². The van der Waals surface area contributed by atoms with Gasteiger partial charge in [0.15, 0.2) is 11.5 Å². The van der Waals surface area contributed by atoms with E-state index in [1.807, 2.05) is 12.1 Å². The van der Waals surface area contributed by atoms with Crippen LogP contribution in [0.15, 0.2) is 54.6 Å². The molecule has 0 aromatic heterocycles. The van der Waals surface area contributed by atoms with Crippen LogP contribution in [0.2, 0.25) is 0 Å². The monoisotopic (exact) mass is 488 g/mol. The van der Waals surface area contributed by atoms with Gasteiger partial charge < -0.3 is 15.3 Å². The smallest absolute Gasteiger partial charge is 0.201 e. The Bertz CT molecular complexity index is 1070. The Morgan fingerprint density at radius 3 is 1.75 bits per heavy atom. The Kier molecular flexibility index (Phi) is 10.7. The lowest BCUT2D eigenvalue weighted by atomic mass is 9.94. The number of phenolic OH excluding ortho intramolecular Hbond substituents is 3. The summed E-state index contributed by atoms with van der Waals surface area (Å²) in [5, 5.41) is 31.5. The van der Waals surface area contributed by atoms with E-state index in [4.69, 9.17) is 0 Å². The van der Waals surface area contributed by atoms with E-state index in [9.17, 15) is 15.3 Å². The Hall–Kier alpha value is -2.94. The maximum atomic E-state index is 10.6. The van der Waals surface area contributed by atoms with E-state index in [1.165, 1.54) is 68.9 Å². The average Bonchev–Trinajstić information content (AvgIpc) is 2.89. The molecule has 0 radical (unpaired) electrons. The lowest BCUT2D eigenvalue weighted by molar-refractivity contribution is 0.366. The van der Waals surface area contributed by atoms with Crippen LogP contribution < -0.4 is 0 Å². The summed E-state index contributed by atoms with van der Waals surface area (Å²) in [7, 11) is 0. The van der Waals surface area contributed by atoms with E-state index in [2.05, 4.69) is 57.2 Å². The van der Waals surface area contributed by atoms with Gasteiger partial charge >= 0.3 is 0 Å². The summed E-state index contributed by atoms with van der Waals surface area (Å²) in [6.45, 7) is 6.58. The van der Waals surface area contributed by atoms with Crippen LogP contribution in [0.1, 0.15) is 107 Å². The Morgan fingerprint density at radius 2 is 1.17 bits per heavy atom. The first-order valence-corrected chi connectivity index (χ1v) is 13.9. The molecule has 3 nitrogen and oxygen atoms in total. The highest BCUT2D eigenvalue weighted by Crippen LogP contribution is 2.45. The molecule has 194 valence electrons. The first-order valence-electron chi connectivity index (χ1n) is 13.9. The molecule has 3 aromatic carbocycles. The van der Waals surface area contributed by atoms with Crippen molar-refractivity contribution in [3.05, 3.63) is 76.9 Å². The number of aryl methyl sites for hydroxylation is 1. The van der Waals surface area contributed by atoms with Crippen LogP contribution in [-0.4, -0.2) is 15.3 Å². The molecule has 3 aromatic rings. The van der Waals surface area contributed by atoms with Gasteiger partial charge in [0.25, 0.3) is 0 Å². The van der Waals surface area contributed by atoms with Gasteiger partial charge in [-0.3, -0.25) is 0 Å². The molecule has 0 aliphatic heterocycles. The van der Waals surface area contributed by atoms with E-state index in [1.54, 1.807) is 6.07 Å². The minimum absolute atomic E-state index is 0.258. The summed E-state index contributed by atoms with van der Waals surface area (Å²) in [4.78, 5) is 0. The minimum Gasteiger partial charge on any atom is -0.504 e. The number of benzene rings is 3. The first kappa shape index (κ1) is 27.6. The first-order chi connectivity index (χ1) is 17.4. The molecule has 0 spiro atoms. The topological polar surface area (TPSA) is 60.7 Å². The fourth-order valence-electron chi connectivity index (χ4n) is 4.79. The molecule has 0 atom stereocenters. The second kappa shape index (κ2) is 14.0. The Morgan fingerprint density at radius 1 is 0.611 bits per heavy atom. The molecule has 0 amide bonds. The van der Waals surface area contributed by atoms with Gasteiger partial charge in [-0.1, -0.05) is 121 Å². The number of unbranched alkanes of at least 4 members (excludes halogenated alkanes) is 8. The summed E-state index contributed by atoms with van der Waals surface area (Å²) in [6, 6.07) is 18.3. The lowest BCUT2D eigenvalue weighted by Crippen LogP contribution is -1.94. The van der Waals surface area contributed by atoms with E-state index >= 15 is 0 Å². The molecular formula is C33H44O3. The standard InChI is InChI=1S/C33H44O3/c1-4-5-6-7-8-9-10-11-12-13-25-14-20-28(21-15-25)30-23-29(31(34)33(36)32(30)35)22-26-16-18-27(19-17-26)24(2)3/h14-21,23-24,34-36H,4-13,22H2,1-3H3. The van der Waals surface area contributed by atoms with Gasteiger partial charge in [-0.05, 0) is 47.1 Å². The van der Waals surface area contributed by atoms with Crippen LogP contribution in [0.3, 0.4) is 0 Å². The van der Waals surface area contributed by atoms with Crippen LogP contribution in [-0.2, 0) is 12.8 Å². The summed E-state index contributed by atoms with van der Waals surface area (Å²) < 4.78 is 0. The zero-order valence-corrected chi connectivity index (χ0v) is 22.4. The van der Waals surface area contributed by atoms with Gasteiger partial charge in [-0.25, -0.2) is 0 Å². The molecule has 3 N–H and O–H groups in total. The summed E-state index contributed by atoms with van der Waals surface area (Å²) >= 11 is 0. The second-order valence-corrected chi connectivity index (χ2v) is 10.5. The maximum Gasteiger partial charge on any atom is 0.201 e. The van der Waals surface area contributed by atoms with E-state index in [0.717, 1.165) is 17.5 Å². The van der Waals surface area contributed by atoms with E-state index < -0.39 is 5.75 Å². The highest BCUT2D eigenvalue weighted by atomic mass is 16.3. The van der Waals surface area contributed by atoms with Crippen molar-refractivity contribution in [3.8, 4) is 28.4 Å². The summed E-state index contributed by atoms with van der Waals surface area (Å²) in [5.41, 5.74) is 5.55.